The smallest absolute Gasteiger partial charge is 0.348 e. The van der Waals surface area contributed by atoms with Crippen molar-refractivity contribution in [3.05, 3.63) is 59.2 Å². The number of rotatable bonds is 2. The monoisotopic (exact) mass is 378 g/mol. The number of anilines is 2. The van der Waals surface area contributed by atoms with Crippen LogP contribution in [0.2, 0.25) is 0 Å². The van der Waals surface area contributed by atoms with Gasteiger partial charge in [-0.05, 0) is 30.7 Å². The lowest BCUT2D eigenvalue weighted by Gasteiger charge is -2.39. The van der Waals surface area contributed by atoms with E-state index in [2.05, 4.69) is 0 Å². The molecule has 136 valence electrons. The highest BCUT2D eigenvalue weighted by molar-refractivity contribution is 7.99. The van der Waals surface area contributed by atoms with Gasteiger partial charge in [-0.15, -0.1) is 11.8 Å². The first-order valence-corrected chi connectivity index (χ1v) is 9.42. The van der Waals surface area contributed by atoms with Crippen LogP contribution in [-0.4, -0.2) is 23.6 Å². The van der Waals surface area contributed by atoms with Gasteiger partial charge in [-0.25, -0.2) is 0 Å². The van der Waals surface area contributed by atoms with Crippen LogP contribution < -0.4 is 9.80 Å². The van der Waals surface area contributed by atoms with Gasteiger partial charge in [0.25, 0.3) is 5.91 Å². The Hall–Kier alpha value is -2.15. The maximum Gasteiger partial charge on any atom is 0.416 e. The molecule has 0 unspecified atom stereocenters. The molecule has 0 aliphatic carbocycles. The third-order valence-electron chi connectivity index (χ3n) is 4.80. The number of carbonyl (C=O) groups is 1. The van der Waals surface area contributed by atoms with Crippen LogP contribution in [0.3, 0.4) is 0 Å². The fraction of sp³-hybridized carbons (Fsp3) is 0.316. The Morgan fingerprint density at radius 2 is 1.85 bits per heavy atom. The zero-order valence-corrected chi connectivity index (χ0v) is 14.9. The highest BCUT2D eigenvalue weighted by Gasteiger charge is 2.42. The SMILES string of the molecule is Cc1ccc(CN2C(=O)[C@@H]3CSCN3c3ccc(C(F)(F)F)cc32)cc1. The molecule has 0 bridgehead atoms. The summed E-state index contributed by atoms with van der Waals surface area (Å²) in [7, 11) is 0. The van der Waals surface area contributed by atoms with Gasteiger partial charge in [0, 0.05) is 5.75 Å². The van der Waals surface area contributed by atoms with E-state index in [1.807, 2.05) is 36.1 Å². The van der Waals surface area contributed by atoms with Crippen LogP contribution in [0.4, 0.5) is 24.5 Å². The summed E-state index contributed by atoms with van der Waals surface area (Å²) in [5.74, 6) is 1.14. The molecule has 4 rings (SSSR count). The Bertz CT molecular complexity index is 851. The summed E-state index contributed by atoms with van der Waals surface area (Å²) in [5, 5.41) is 0. The molecule has 2 heterocycles. The molecule has 3 nitrogen and oxygen atoms in total. The number of benzene rings is 2. The summed E-state index contributed by atoms with van der Waals surface area (Å²) < 4.78 is 39.6. The van der Waals surface area contributed by atoms with Crippen molar-refractivity contribution < 1.29 is 18.0 Å². The van der Waals surface area contributed by atoms with Gasteiger partial charge in [0.2, 0.25) is 0 Å². The van der Waals surface area contributed by atoms with E-state index in [0.717, 1.165) is 23.3 Å². The van der Waals surface area contributed by atoms with Gasteiger partial charge in [0.1, 0.15) is 6.04 Å². The van der Waals surface area contributed by atoms with E-state index < -0.39 is 11.7 Å². The van der Waals surface area contributed by atoms with E-state index in [9.17, 15) is 18.0 Å². The second-order valence-corrected chi connectivity index (χ2v) is 7.60. The predicted molar refractivity (Wildman–Crippen MR) is 97.4 cm³/mol. The molecule has 2 aromatic carbocycles. The van der Waals surface area contributed by atoms with E-state index in [4.69, 9.17) is 0 Å². The van der Waals surface area contributed by atoms with Crippen molar-refractivity contribution in [2.75, 3.05) is 21.4 Å². The van der Waals surface area contributed by atoms with Crippen molar-refractivity contribution in [1.29, 1.82) is 0 Å². The first kappa shape index (κ1) is 17.3. The van der Waals surface area contributed by atoms with Gasteiger partial charge >= 0.3 is 6.18 Å². The van der Waals surface area contributed by atoms with E-state index in [0.29, 0.717) is 23.0 Å². The van der Waals surface area contributed by atoms with Gasteiger partial charge in [0.15, 0.2) is 0 Å². The molecule has 0 saturated carbocycles. The minimum atomic E-state index is -4.44. The lowest BCUT2D eigenvalue weighted by atomic mass is 10.0. The molecule has 1 fully saturated rings. The van der Waals surface area contributed by atoms with Crippen molar-refractivity contribution in [1.82, 2.24) is 0 Å². The number of halogens is 3. The van der Waals surface area contributed by atoms with Gasteiger partial charge < -0.3 is 9.80 Å². The fourth-order valence-electron chi connectivity index (χ4n) is 3.38. The average Bonchev–Trinajstić information content (AvgIpc) is 3.09. The number of fused-ring (bicyclic) bond motifs is 3. The Morgan fingerprint density at radius 3 is 2.54 bits per heavy atom. The summed E-state index contributed by atoms with van der Waals surface area (Å²) in [6.45, 7) is 2.23. The number of carbonyl (C=O) groups excluding carboxylic acids is 1. The largest absolute Gasteiger partial charge is 0.416 e. The molecule has 2 aliphatic heterocycles. The first-order valence-electron chi connectivity index (χ1n) is 8.27. The summed E-state index contributed by atoms with van der Waals surface area (Å²) >= 11 is 1.62. The van der Waals surface area contributed by atoms with Crippen molar-refractivity contribution >= 4 is 29.0 Å². The molecule has 1 saturated heterocycles. The number of amides is 1. The molecule has 2 aromatic rings. The standard InChI is InChI=1S/C19H17F3N2OS/c1-12-2-4-13(5-3-12)9-23-16-8-14(19(20,21)22)6-7-15(16)24-11-26-10-17(24)18(23)25/h2-8,17H,9-11H2,1H3/t17-/m0/s1. The molecule has 0 aromatic heterocycles. The number of hydrogen-bond donors (Lipinski definition) is 0. The molecule has 2 aliphatic rings. The Balaban J connectivity index is 1.79. The van der Waals surface area contributed by atoms with E-state index in [1.54, 1.807) is 11.8 Å². The zero-order valence-electron chi connectivity index (χ0n) is 14.1. The van der Waals surface area contributed by atoms with Gasteiger partial charge in [-0.3, -0.25) is 4.79 Å². The molecule has 0 N–H and O–H groups in total. The van der Waals surface area contributed by atoms with E-state index >= 15 is 0 Å². The molecule has 0 radical (unpaired) electrons. The van der Waals surface area contributed by atoms with Crippen LogP contribution in [0.15, 0.2) is 42.5 Å². The first-order chi connectivity index (χ1) is 12.3. The van der Waals surface area contributed by atoms with Crippen molar-refractivity contribution in [3.8, 4) is 0 Å². The number of nitrogens with zero attached hydrogens (tertiary/aromatic N) is 2. The van der Waals surface area contributed by atoms with Crippen LogP contribution in [-0.2, 0) is 17.5 Å². The summed E-state index contributed by atoms with van der Waals surface area (Å²) in [5.41, 5.74) is 2.29. The van der Waals surface area contributed by atoms with Gasteiger partial charge in [0.05, 0.1) is 29.4 Å². The van der Waals surface area contributed by atoms with Gasteiger partial charge in [-0.2, -0.15) is 13.2 Å². The minimum absolute atomic E-state index is 0.137. The quantitative estimate of drug-likeness (QED) is 0.772. The third-order valence-corrected chi connectivity index (χ3v) is 5.81. The van der Waals surface area contributed by atoms with Crippen molar-refractivity contribution in [2.24, 2.45) is 0 Å². The normalized spacial score (nSPS) is 19.5. The molecular formula is C19H17F3N2OS. The number of alkyl halides is 3. The third kappa shape index (κ3) is 2.94. The predicted octanol–water partition coefficient (Wildman–Crippen LogP) is 4.44. The van der Waals surface area contributed by atoms with E-state index in [-0.39, 0.29) is 18.5 Å². The van der Waals surface area contributed by atoms with Crippen LogP contribution >= 0.6 is 11.8 Å². The molecule has 26 heavy (non-hydrogen) atoms. The zero-order chi connectivity index (χ0) is 18.5. The minimum Gasteiger partial charge on any atom is -0.348 e. The second kappa shape index (κ2) is 6.23. The summed E-state index contributed by atoms with van der Waals surface area (Å²) in [6, 6.07) is 11.1. The topological polar surface area (TPSA) is 23.6 Å². The van der Waals surface area contributed by atoms with Crippen LogP contribution in [0.25, 0.3) is 0 Å². The number of aryl methyl sites for hydroxylation is 1. The van der Waals surface area contributed by atoms with Crippen molar-refractivity contribution in [3.63, 3.8) is 0 Å². The van der Waals surface area contributed by atoms with Crippen LogP contribution in [0.1, 0.15) is 16.7 Å². The highest BCUT2D eigenvalue weighted by atomic mass is 32.2. The number of hydrogen-bond acceptors (Lipinski definition) is 3. The average molecular weight is 378 g/mol. The Morgan fingerprint density at radius 1 is 1.12 bits per heavy atom. The fourth-order valence-corrected chi connectivity index (χ4v) is 4.55. The lowest BCUT2D eigenvalue weighted by Crippen LogP contribution is -2.51. The number of thioether (sulfide) groups is 1. The maximum atomic E-state index is 13.2. The Kier molecular flexibility index (Phi) is 4.14. The Labute approximate surface area is 153 Å². The van der Waals surface area contributed by atoms with E-state index in [1.165, 1.54) is 11.0 Å². The molecule has 7 heteroatoms. The molecule has 1 atom stereocenters. The second-order valence-electron chi connectivity index (χ2n) is 6.60. The van der Waals surface area contributed by atoms with Crippen molar-refractivity contribution in [2.45, 2.75) is 25.7 Å². The maximum absolute atomic E-state index is 13.2. The highest BCUT2D eigenvalue weighted by Crippen LogP contribution is 2.44. The summed E-state index contributed by atoms with van der Waals surface area (Å²) in [4.78, 5) is 16.4. The molecule has 1 amide bonds. The summed E-state index contributed by atoms with van der Waals surface area (Å²) in [6.07, 6.45) is -4.44. The molecular weight excluding hydrogens is 361 g/mol. The van der Waals surface area contributed by atoms with Crippen LogP contribution in [0, 0.1) is 6.92 Å². The van der Waals surface area contributed by atoms with Gasteiger partial charge in [-0.1, -0.05) is 29.8 Å². The lowest BCUT2D eigenvalue weighted by molar-refractivity contribution is -0.137. The molecule has 0 spiro atoms. The van der Waals surface area contributed by atoms with Crippen LogP contribution in [0.5, 0.6) is 0 Å².